The Balaban J connectivity index is 1.23. The summed E-state index contributed by atoms with van der Waals surface area (Å²) in [7, 11) is 0. The lowest BCUT2D eigenvalue weighted by molar-refractivity contribution is -0.137. The molecule has 138 valence electrons. The van der Waals surface area contributed by atoms with Gasteiger partial charge in [0.05, 0.1) is 0 Å². The number of rotatable bonds is 5. The van der Waals surface area contributed by atoms with E-state index in [9.17, 15) is 9.59 Å². The van der Waals surface area contributed by atoms with Gasteiger partial charge in [-0.05, 0) is 44.7 Å². The van der Waals surface area contributed by atoms with E-state index >= 15 is 0 Å². The summed E-state index contributed by atoms with van der Waals surface area (Å²) < 4.78 is 0. The van der Waals surface area contributed by atoms with E-state index in [1.54, 1.807) is 12.4 Å². The van der Waals surface area contributed by atoms with Gasteiger partial charge in [-0.1, -0.05) is 0 Å². The highest BCUT2D eigenvalue weighted by atomic mass is 16.2. The van der Waals surface area contributed by atoms with E-state index in [-0.39, 0.29) is 11.8 Å². The van der Waals surface area contributed by atoms with E-state index in [2.05, 4.69) is 19.8 Å². The van der Waals surface area contributed by atoms with Gasteiger partial charge in [-0.2, -0.15) is 0 Å². The molecule has 1 aromatic rings. The summed E-state index contributed by atoms with van der Waals surface area (Å²) in [5.41, 5.74) is 1.58. The van der Waals surface area contributed by atoms with E-state index < -0.39 is 0 Å². The fourth-order valence-electron chi connectivity index (χ4n) is 4.08. The zero-order valence-corrected chi connectivity index (χ0v) is 15.1. The summed E-state index contributed by atoms with van der Waals surface area (Å²) in [6.07, 6.45) is 7.99. The van der Waals surface area contributed by atoms with Gasteiger partial charge in [-0.3, -0.25) is 19.4 Å². The number of hydrogen-bond donors (Lipinski definition) is 0. The monoisotopic (exact) mass is 355 g/mol. The third-order valence-corrected chi connectivity index (χ3v) is 5.54. The maximum Gasteiger partial charge on any atom is 0.257 e. The molecule has 1 saturated heterocycles. The molecule has 0 spiro atoms. The molecule has 3 aliphatic rings. The van der Waals surface area contributed by atoms with Crippen LogP contribution in [0.3, 0.4) is 0 Å². The van der Waals surface area contributed by atoms with Crippen LogP contribution in [0.5, 0.6) is 0 Å². The van der Waals surface area contributed by atoms with Crippen LogP contribution in [-0.2, 0) is 9.59 Å². The number of carbonyl (C=O) groups is 2. The summed E-state index contributed by atoms with van der Waals surface area (Å²) in [4.78, 5) is 39.6. The molecule has 0 saturated carbocycles. The zero-order valence-electron chi connectivity index (χ0n) is 15.1. The van der Waals surface area contributed by atoms with E-state index in [1.807, 2.05) is 6.07 Å². The number of nitrogens with zero attached hydrogens (tertiary/aromatic N) is 5. The van der Waals surface area contributed by atoms with Crippen molar-refractivity contribution in [1.29, 1.82) is 0 Å². The normalized spacial score (nSPS) is 21.5. The van der Waals surface area contributed by atoms with Gasteiger partial charge in [-0.15, -0.1) is 0 Å². The molecule has 4 rings (SSSR count). The molecule has 1 fully saturated rings. The maximum atomic E-state index is 12.4. The van der Waals surface area contributed by atoms with Crippen molar-refractivity contribution < 1.29 is 9.59 Å². The zero-order chi connectivity index (χ0) is 17.9. The molecule has 0 N–H and O–H groups in total. The van der Waals surface area contributed by atoms with Crippen LogP contribution in [-0.4, -0.2) is 70.9 Å². The number of amides is 2. The van der Waals surface area contributed by atoms with Gasteiger partial charge < -0.3 is 4.90 Å². The van der Waals surface area contributed by atoms with Gasteiger partial charge >= 0.3 is 0 Å². The minimum Gasteiger partial charge on any atom is -0.338 e. The molecule has 1 aromatic heterocycles. The number of aromatic nitrogens is 2. The lowest BCUT2D eigenvalue weighted by Crippen LogP contribution is -2.47. The second-order valence-electron chi connectivity index (χ2n) is 7.16. The van der Waals surface area contributed by atoms with Gasteiger partial charge in [0.1, 0.15) is 0 Å². The largest absolute Gasteiger partial charge is 0.338 e. The van der Waals surface area contributed by atoms with E-state index in [0.29, 0.717) is 6.54 Å². The van der Waals surface area contributed by atoms with E-state index in [1.165, 1.54) is 4.90 Å². The molecule has 0 unspecified atom stereocenters. The van der Waals surface area contributed by atoms with Gasteiger partial charge in [0.2, 0.25) is 5.95 Å². The standard InChI is InChI=1S/C19H25N5O2/c25-17-15-5-1-2-6-16(15)18(26)24(17)10-4-9-22-11-13-23(14-12-22)19-20-7-3-8-21-19/h3,7-8H,1-2,4-6,9-14H2. The Kier molecular flexibility index (Phi) is 4.97. The highest BCUT2D eigenvalue weighted by Gasteiger charge is 2.38. The van der Waals surface area contributed by atoms with Crippen LogP contribution in [0.15, 0.2) is 29.6 Å². The molecule has 1 aliphatic carbocycles. The van der Waals surface area contributed by atoms with Gasteiger partial charge in [0, 0.05) is 56.3 Å². The van der Waals surface area contributed by atoms with Crippen LogP contribution in [0.25, 0.3) is 0 Å². The Bertz CT molecular complexity index is 682. The highest BCUT2D eigenvalue weighted by Crippen LogP contribution is 2.32. The van der Waals surface area contributed by atoms with Crippen LogP contribution >= 0.6 is 0 Å². The van der Waals surface area contributed by atoms with Gasteiger partial charge in [0.15, 0.2) is 0 Å². The predicted molar refractivity (Wildman–Crippen MR) is 97.5 cm³/mol. The minimum atomic E-state index is -0.0317. The van der Waals surface area contributed by atoms with Crippen molar-refractivity contribution in [3.63, 3.8) is 0 Å². The van der Waals surface area contributed by atoms with Crippen LogP contribution < -0.4 is 4.90 Å². The second kappa shape index (κ2) is 7.53. The molecule has 0 aromatic carbocycles. The Morgan fingerprint density at radius 2 is 1.46 bits per heavy atom. The number of hydrogen-bond acceptors (Lipinski definition) is 6. The first-order valence-electron chi connectivity index (χ1n) is 9.56. The Hall–Kier alpha value is -2.28. The maximum absolute atomic E-state index is 12.4. The van der Waals surface area contributed by atoms with Crippen LogP contribution in [0.2, 0.25) is 0 Å². The smallest absolute Gasteiger partial charge is 0.257 e. The quantitative estimate of drug-likeness (QED) is 0.740. The van der Waals surface area contributed by atoms with Crippen molar-refractivity contribution in [3.05, 3.63) is 29.6 Å². The first kappa shape index (κ1) is 17.1. The van der Waals surface area contributed by atoms with E-state index in [4.69, 9.17) is 0 Å². The van der Waals surface area contributed by atoms with Crippen molar-refractivity contribution in [3.8, 4) is 0 Å². The van der Waals surface area contributed by atoms with Crippen LogP contribution in [0, 0.1) is 0 Å². The summed E-state index contributed by atoms with van der Waals surface area (Å²) in [6, 6.07) is 1.83. The average Bonchev–Trinajstić information content (AvgIpc) is 2.94. The van der Waals surface area contributed by atoms with Crippen molar-refractivity contribution in [2.45, 2.75) is 32.1 Å². The molecular formula is C19H25N5O2. The van der Waals surface area contributed by atoms with Crippen LogP contribution in [0.4, 0.5) is 5.95 Å². The van der Waals surface area contributed by atoms with Gasteiger partial charge in [0.25, 0.3) is 11.8 Å². The lowest BCUT2D eigenvalue weighted by Gasteiger charge is -2.34. The summed E-state index contributed by atoms with van der Waals surface area (Å²) >= 11 is 0. The fraction of sp³-hybridized carbons (Fsp3) is 0.579. The Morgan fingerprint density at radius 1 is 0.846 bits per heavy atom. The number of imide groups is 1. The van der Waals surface area contributed by atoms with E-state index in [0.717, 1.165) is 81.9 Å². The second-order valence-corrected chi connectivity index (χ2v) is 7.16. The molecule has 7 nitrogen and oxygen atoms in total. The molecule has 2 amide bonds. The number of piperazine rings is 1. The topological polar surface area (TPSA) is 69.6 Å². The first-order chi connectivity index (χ1) is 12.7. The molecule has 0 radical (unpaired) electrons. The molecule has 2 aliphatic heterocycles. The number of anilines is 1. The molecule has 26 heavy (non-hydrogen) atoms. The molecule has 3 heterocycles. The molecule has 0 bridgehead atoms. The Labute approximate surface area is 153 Å². The van der Waals surface area contributed by atoms with Crippen molar-refractivity contribution >= 4 is 17.8 Å². The minimum absolute atomic E-state index is 0.0317. The third kappa shape index (κ3) is 3.35. The average molecular weight is 355 g/mol. The summed E-state index contributed by atoms with van der Waals surface area (Å²) in [5, 5.41) is 0. The third-order valence-electron chi connectivity index (χ3n) is 5.54. The number of carbonyl (C=O) groups excluding carboxylic acids is 2. The van der Waals surface area contributed by atoms with Gasteiger partial charge in [-0.25, -0.2) is 9.97 Å². The summed E-state index contributed by atoms with van der Waals surface area (Å²) in [6.45, 7) is 5.16. The molecule has 7 heteroatoms. The van der Waals surface area contributed by atoms with Crippen LogP contribution in [0.1, 0.15) is 32.1 Å². The van der Waals surface area contributed by atoms with Crippen molar-refractivity contribution in [1.82, 2.24) is 19.8 Å². The highest BCUT2D eigenvalue weighted by molar-refractivity contribution is 6.19. The van der Waals surface area contributed by atoms with Crippen molar-refractivity contribution in [2.75, 3.05) is 44.2 Å². The predicted octanol–water partition coefficient (Wildman–Crippen LogP) is 1.23. The summed E-state index contributed by atoms with van der Waals surface area (Å²) in [5.74, 6) is 0.726. The molecular weight excluding hydrogens is 330 g/mol. The fourth-order valence-corrected chi connectivity index (χ4v) is 4.08. The first-order valence-corrected chi connectivity index (χ1v) is 9.56. The Morgan fingerprint density at radius 3 is 2.08 bits per heavy atom. The lowest BCUT2D eigenvalue weighted by atomic mass is 9.93. The SMILES string of the molecule is O=C1C2=C(CCCC2)C(=O)N1CCCN1CCN(c2ncccn2)CC1. The van der Waals surface area contributed by atoms with Crippen molar-refractivity contribution in [2.24, 2.45) is 0 Å². The molecule has 0 atom stereocenters.